The SMILES string of the molecule is CCCC1CC1NC(=O)c1cc(Cl)ccc1NCC. The highest BCUT2D eigenvalue weighted by Gasteiger charge is 2.37. The number of nitrogens with one attached hydrogen (secondary N) is 2. The lowest BCUT2D eigenvalue weighted by molar-refractivity contribution is 0.0949. The molecular weight excluding hydrogens is 260 g/mol. The Kier molecular flexibility index (Phi) is 4.70. The first kappa shape index (κ1) is 14.2. The van der Waals surface area contributed by atoms with Crippen molar-refractivity contribution in [3.05, 3.63) is 28.8 Å². The quantitative estimate of drug-likeness (QED) is 0.834. The first-order chi connectivity index (χ1) is 9.15. The molecule has 3 nitrogen and oxygen atoms in total. The number of benzene rings is 1. The predicted octanol–water partition coefficient (Wildman–Crippen LogP) is 3.69. The fourth-order valence-electron chi connectivity index (χ4n) is 2.41. The Bertz CT molecular complexity index is 461. The number of hydrogen-bond acceptors (Lipinski definition) is 2. The first-order valence-electron chi connectivity index (χ1n) is 7.00. The number of halogens is 1. The lowest BCUT2D eigenvalue weighted by atomic mass is 10.1. The van der Waals surface area contributed by atoms with Crippen LogP contribution < -0.4 is 10.6 Å². The molecule has 1 aromatic rings. The van der Waals surface area contributed by atoms with E-state index in [-0.39, 0.29) is 5.91 Å². The second-order valence-electron chi connectivity index (χ2n) is 5.08. The van der Waals surface area contributed by atoms with Gasteiger partial charge in [-0.1, -0.05) is 24.9 Å². The van der Waals surface area contributed by atoms with Gasteiger partial charge >= 0.3 is 0 Å². The van der Waals surface area contributed by atoms with Crippen LogP contribution in [0.5, 0.6) is 0 Å². The number of carbonyl (C=O) groups excluding carboxylic acids is 1. The van der Waals surface area contributed by atoms with Crippen LogP contribution in [0.25, 0.3) is 0 Å². The van der Waals surface area contributed by atoms with E-state index in [4.69, 9.17) is 11.6 Å². The van der Waals surface area contributed by atoms with E-state index < -0.39 is 0 Å². The monoisotopic (exact) mass is 280 g/mol. The van der Waals surface area contributed by atoms with Crippen molar-refractivity contribution in [1.82, 2.24) is 5.32 Å². The Hall–Kier alpha value is -1.22. The second kappa shape index (κ2) is 6.29. The van der Waals surface area contributed by atoms with Crippen molar-refractivity contribution >= 4 is 23.2 Å². The average Bonchev–Trinajstić information content (AvgIpc) is 3.10. The Labute approximate surface area is 119 Å². The molecule has 2 N–H and O–H groups in total. The van der Waals surface area contributed by atoms with Gasteiger partial charge in [0.1, 0.15) is 0 Å². The van der Waals surface area contributed by atoms with Crippen LogP contribution >= 0.6 is 11.6 Å². The van der Waals surface area contributed by atoms with Crippen molar-refractivity contribution in [3.8, 4) is 0 Å². The minimum absolute atomic E-state index is 0.0259. The molecule has 2 rings (SSSR count). The van der Waals surface area contributed by atoms with Crippen LogP contribution in [-0.4, -0.2) is 18.5 Å². The molecule has 0 saturated heterocycles. The maximum atomic E-state index is 12.3. The van der Waals surface area contributed by atoms with E-state index >= 15 is 0 Å². The van der Waals surface area contributed by atoms with Crippen molar-refractivity contribution in [2.24, 2.45) is 5.92 Å². The van der Waals surface area contributed by atoms with E-state index in [0.29, 0.717) is 22.5 Å². The molecule has 1 fully saturated rings. The molecule has 0 aliphatic heterocycles. The van der Waals surface area contributed by atoms with Gasteiger partial charge in [0.05, 0.1) is 5.56 Å². The van der Waals surface area contributed by atoms with Gasteiger partial charge in [-0.2, -0.15) is 0 Å². The second-order valence-corrected chi connectivity index (χ2v) is 5.52. The Morgan fingerprint density at radius 1 is 1.42 bits per heavy atom. The smallest absolute Gasteiger partial charge is 0.253 e. The van der Waals surface area contributed by atoms with Gasteiger partial charge in [0.15, 0.2) is 0 Å². The third-order valence-corrected chi connectivity index (χ3v) is 3.73. The van der Waals surface area contributed by atoms with Gasteiger partial charge in [0.25, 0.3) is 5.91 Å². The summed E-state index contributed by atoms with van der Waals surface area (Å²) in [6.07, 6.45) is 3.48. The molecule has 104 valence electrons. The van der Waals surface area contributed by atoms with Crippen LogP contribution in [0.2, 0.25) is 5.02 Å². The Balaban J connectivity index is 2.04. The van der Waals surface area contributed by atoms with Crippen LogP contribution in [-0.2, 0) is 0 Å². The highest BCUT2D eigenvalue weighted by Crippen LogP contribution is 2.35. The Morgan fingerprint density at radius 3 is 2.89 bits per heavy atom. The lowest BCUT2D eigenvalue weighted by Crippen LogP contribution is -2.27. The van der Waals surface area contributed by atoms with E-state index in [1.165, 1.54) is 12.8 Å². The van der Waals surface area contributed by atoms with Crippen molar-refractivity contribution in [3.63, 3.8) is 0 Å². The van der Waals surface area contributed by atoms with Crippen molar-refractivity contribution < 1.29 is 4.79 Å². The predicted molar refractivity (Wildman–Crippen MR) is 79.9 cm³/mol. The summed E-state index contributed by atoms with van der Waals surface area (Å²) >= 11 is 5.98. The van der Waals surface area contributed by atoms with E-state index in [1.54, 1.807) is 12.1 Å². The van der Waals surface area contributed by atoms with E-state index in [9.17, 15) is 4.79 Å². The molecule has 1 amide bonds. The normalized spacial score (nSPS) is 21.0. The third-order valence-electron chi connectivity index (χ3n) is 3.49. The minimum Gasteiger partial charge on any atom is -0.385 e. The molecule has 1 saturated carbocycles. The summed E-state index contributed by atoms with van der Waals surface area (Å²) in [5, 5.41) is 6.88. The maximum Gasteiger partial charge on any atom is 0.253 e. The topological polar surface area (TPSA) is 41.1 Å². The molecule has 4 heteroatoms. The molecule has 2 unspecified atom stereocenters. The van der Waals surface area contributed by atoms with Crippen LogP contribution in [0.15, 0.2) is 18.2 Å². The molecule has 0 bridgehead atoms. The molecule has 0 aromatic heterocycles. The zero-order valence-corrected chi connectivity index (χ0v) is 12.3. The van der Waals surface area contributed by atoms with Crippen molar-refractivity contribution in [2.75, 3.05) is 11.9 Å². The molecule has 1 aromatic carbocycles. The molecule has 0 radical (unpaired) electrons. The number of rotatable bonds is 6. The van der Waals surface area contributed by atoms with E-state index in [0.717, 1.165) is 18.7 Å². The van der Waals surface area contributed by atoms with Crippen LogP contribution in [0.4, 0.5) is 5.69 Å². The zero-order valence-electron chi connectivity index (χ0n) is 11.5. The molecular formula is C15H21ClN2O. The molecule has 1 aliphatic carbocycles. The van der Waals surface area contributed by atoms with Crippen LogP contribution in [0.1, 0.15) is 43.5 Å². The number of hydrogen-bond donors (Lipinski definition) is 2. The maximum absolute atomic E-state index is 12.3. The van der Waals surface area contributed by atoms with Crippen LogP contribution in [0, 0.1) is 5.92 Å². The molecule has 19 heavy (non-hydrogen) atoms. The van der Waals surface area contributed by atoms with Crippen molar-refractivity contribution in [2.45, 2.75) is 39.2 Å². The third kappa shape index (κ3) is 3.63. The van der Waals surface area contributed by atoms with Gasteiger partial charge in [-0.15, -0.1) is 0 Å². The largest absolute Gasteiger partial charge is 0.385 e. The van der Waals surface area contributed by atoms with Gasteiger partial charge in [-0.05, 0) is 43.9 Å². The standard InChI is InChI=1S/C15H21ClN2O/c1-3-5-10-8-14(10)18-15(19)12-9-11(16)6-7-13(12)17-4-2/h6-7,9-10,14,17H,3-5,8H2,1-2H3,(H,18,19). The van der Waals surface area contributed by atoms with Gasteiger partial charge < -0.3 is 10.6 Å². The van der Waals surface area contributed by atoms with Gasteiger partial charge in [-0.25, -0.2) is 0 Å². The summed E-state index contributed by atoms with van der Waals surface area (Å²) in [6.45, 7) is 4.97. The molecule has 2 atom stereocenters. The summed E-state index contributed by atoms with van der Waals surface area (Å²) in [5.41, 5.74) is 1.48. The van der Waals surface area contributed by atoms with Gasteiger partial charge in [-0.3, -0.25) is 4.79 Å². The minimum atomic E-state index is -0.0259. The number of amides is 1. The highest BCUT2D eigenvalue weighted by atomic mass is 35.5. The molecule has 0 spiro atoms. The van der Waals surface area contributed by atoms with Gasteiger partial charge in [0.2, 0.25) is 0 Å². The average molecular weight is 281 g/mol. The Morgan fingerprint density at radius 2 is 2.21 bits per heavy atom. The number of carbonyl (C=O) groups is 1. The van der Waals surface area contributed by atoms with Crippen molar-refractivity contribution in [1.29, 1.82) is 0 Å². The summed E-state index contributed by atoms with van der Waals surface area (Å²) in [4.78, 5) is 12.3. The fraction of sp³-hybridized carbons (Fsp3) is 0.533. The highest BCUT2D eigenvalue weighted by molar-refractivity contribution is 6.31. The summed E-state index contributed by atoms with van der Waals surface area (Å²) in [5.74, 6) is 0.637. The van der Waals surface area contributed by atoms with E-state index in [1.807, 2.05) is 13.0 Å². The van der Waals surface area contributed by atoms with Gasteiger partial charge in [0, 0.05) is 23.3 Å². The zero-order chi connectivity index (χ0) is 13.8. The lowest BCUT2D eigenvalue weighted by Gasteiger charge is -2.11. The molecule has 1 aliphatic rings. The molecule has 0 heterocycles. The summed E-state index contributed by atoms with van der Waals surface area (Å²) in [7, 11) is 0. The van der Waals surface area contributed by atoms with Crippen LogP contribution in [0.3, 0.4) is 0 Å². The fourth-order valence-corrected chi connectivity index (χ4v) is 2.58. The summed E-state index contributed by atoms with van der Waals surface area (Å²) in [6, 6.07) is 5.73. The summed E-state index contributed by atoms with van der Waals surface area (Å²) < 4.78 is 0. The van der Waals surface area contributed by atoms with E-state index in [2.05, 4.69) is 17.6 Å². The number of anilines is 1. The first-order valence-corrected chi connectivity index (χ1v) is 7.37.